The Morgan fingerprint density at radius 3 is 2.64 bits per heavy atom. The summed E-state index contributed by atoms with van der Waals surface area (Å²) in [5.41, 5.74) is 1.26. The standard InChI is InChI=1S/C12H20O2/c1-4-5-10-14-12(13)9-7-6-8-11(2)3/h7-9H,4-6,10H2,1-3H3/b9-7+. The topological polar surface area (TPSA) is 26.3 Å². The van der Waals surface area contributed by atoms with Crippen LogP contribution in [0.4, 0.5) is 0 Å². The highest BCUT2D eigenvalue weighted by Gasteiger charge is 1.93. The van der Waals surface area contributed by atoms with E-state index in [1.165, 1.54) is 11.6 Å². The van der Waals surface area contributed by atoms with Crippen LogP contribution in [0.2, 0.25) is 0 Å². The third kappa shape index (κ3) is 9.04. The highest BCUT2D eigenvalue weighted by atomic mass is 16.5. The van der Waals surface area contributed by atoms with Gasteiger partial charge in [0, 0.05) is 6.08 Å². The summed E-state index contributed by atoms with van der Waals surface area (Å²) in [7, 11) is 0. The van der Waals surface area contributed by atoms with Crippen LogP contribution in [0, 0.1) is 0 Å². The first kappa shape index (κ1) is 12.9. The molecule has 0 saturated carbocycles. The summed E-state index contributed by atoms with van der Waals surface area (Å²) in [5.74, 6) is -0.236. The van der Waals surface area contributed by atoms with Gasteiger partial charge in [-0.05, 0) is 26.7 Å². The predicted molar refractivity (Wildman–Crippen MR) is 59.1 cm³/mol. The largest absolute Gasteiger partial charge is 0.463 e. The zero-order chi connectivity index (χ0) is 10.8. The van der Waals surface area contributed by atoms with Crippen molar-refractivity contribution in [1.82, 2.24) is 0 Å². The molecule has 0 atom stereocenters. The van der Waals surface area contributed by atoms with E-state index in [2.05, 4.69) is 13.0 Å². The van der Waals surface area contributed by atoms with E-state index < -0.39 is 0 Å². The lowest BCUT2D eigenvalue weighted by Crippen LogP contribution is -2.01. The summed E-state index contributed by atoms with van der Waals surface area (Å²) < 4.78 is 4.94. The Morgan fingerprint density at radius 2 is 2.07 bits per heavy atom. The molecule has 0 aliphatic heterocycles. The van der Waals surface area contributed by atoms with E-state index in [1.807, 2.05) is 19.9 Å². The molecule has 0 radical (unpaired) electrons. The molecular formula is C12H20O2. The molecule has 0 aliphatic carbocycles. The highest BCUT2D eigenvalue weighted by Crippen LogP contribution is 1.95. The van der Waals surface area contributed by atoms with Gasteiger partial charge in [0.05, 0.1) is 6.61 Å². The first-order valence-electron chi connectivity index (χ1n) is 5.13. The lowest BCUT2D eigenvalue weighted by molar-refractivity contribution is -0.137. The van der Waals surface area contributed by atoms with Gasteiger partial charge in [-0.2, -0.15) is 0 Å². The first-order chi connectivity index (χ1) is 6.66. The van der Waals surface area contributed by atoms with Gasteiger partial charge < -0.3 is 4.74 Å². The molecule has 14 heavy (non-hydrogen) atoms. The van der Waals surface area contributed by atoms with Gasteiger partial charge in [0.2, 0.25) is 0 Å². The van der Waals surface area contributed by atoms with Gasteiger partial charge in [0.15, 0.2) is 0 Å². The Kier molecular flexibility index (Phi) is 7.90. The van der Waals surface area contributed by atoms with Crippen LogP contribution in [0.15, 0.2) is 23.8 Å². The SMILES string of the molecule is CCCCOC(=O)/C=C/CC=C(C)C. The van der Waals surface area contributed by atoms with Crippen molar-refractivity contribution in [2.24, 2.45) is 0 Å². The molecule has 80 valence electrons. The molecule has 0 unspecified atom stereocenters. The Morgan fingerprint density at radius 1 is 1.36 bits per heavy atom. The van der Waals surface area contributed by atoms with E-state index in [9.17, 15) is 4.79 Å². The van der Waals surface area contributed by atoms with Crippen molar-refractivity contribution in [1.29, 1.82) is 0 Å². The van der Waals surface area contributed by atoms with Crippen molar-refractivity contribution in [3.8, 4) is 0 Å². The van der Waals surface area contributed by atoms with E-state index in [0.29, 0.717) is 6.61 Å². The highest BCUT2D eigenvalue weighted by molar-refractivity contribution is 5.81. The predicted octanol–water partition coefficient (Wildman–Crippen LogP) is 3.24. The van der Waals surface area contributed by atoms with Gasteiger partial charge in [-0.25, -0.2) is 4.79 Å². The van der Waals surface area contributed by atoms with Crippen LogP contribution in [-0.2, 0) is 9.53 Å². The summed E-state index contributed by atoms with van der Waals surface area (Å²) in [5, 5.41) is 0. The van der Waals surface area contributed by atoms with Crippen molar-refractivity contribution in [3.05, 3.63) is 23.8 Å². The second kappa shape index (κ2) is 8.54. The molecule has 0 fully saturated rings. The van der Waals surface area contributed by atoms with Gasteiger partial charge in [-0.15, -0.1) is 0 Å². The fraction of sp³-hybridized carbons (Fsp3) is 0.583. The van der Waals surface area contributed by atoms with Crippen molar-refractivity contribution in [2.45, 2.75) is 40.0 Å². The third-order valence-corrected chi connectivity index (χ3v) is 1.66. The lowest BCUT2D eigenvalue weighted by atomic mass is 10.2. The molecule has 0 amide bonds. The number of rotatable bonds is 6. The summed E-state index contributed by atoms with van der Waals surface area (Å²) in [4.78, 5) is 11.0. The van der Waals surface area contributed by atoms with Crippen molar-refractivity contribution < 1.29 is 9.53 Å². The number of carbonyl (C=O) groups is 1. The van der Waals surface area contributed by atoms with Crippen LogP contribution in [-0.4, -0.2) is 12.6 Å². The molecule has 0 aromatic rings. The van der Waals surface area contributed by atoms with Crippen LogP contribution in [0.3, 0.4) is 0 Å². The number of hydrogen-bond donors (Lipinski definition) is 0. The molecule has 0 aromatic carbocycles. The second-order valence-electron chi connectivity index (χ2n) is 3.44. The Bertz CT molecular complexity index is 210. The minimum atomic E-state index is -0.236. The molecule has 0 rings (SSSR count). The molecule has 2 nitrogen and oxygen atoms in total. The van der Waals surface area contributed by atoms with Gasteiger partial charge >= 0.3 is 5.97 Å². The normalized spacial score (nSPS) is 10.2. The first-order valence-corrected chi connectivity index (χ1v) is 5.13. The third-order valence-electron chi connectivity index (χ3n) is 1.66. The molecule has 0 N–H and O–H groups in total. The maximum absolute atomic E-state index is 11.0. The molecule has 0 aromatic heterocycles. The van der Waals surface area contributed by atoms with E-state index in [-0.39, 0.29) is 5.97 Å². The Labute approximate surface area is 86.6 Å². The van der Waals surface area contributed by atoms with E-state index in [1.54, 1.807) is 0 Å². The fourth-order valence-electron chi connectivity index (χ4n) is 0.833. The van der Waals surface area contributed by atoms with Gasteiger partial charge in [-0.1, -0.05) is 31.1 Å². The van der Waals surface area contributed by atoms with Crippen LogP contribution >= 0.6 is 0 Å². The van der Waals surface area contributed by atoms with E-state index in [0.717, 1.165) is 19.3 Å². The van der Waals surface area contributed by atoms with Gasteiger partial charge in [0.1, 0.15) is 0 Å². The molecular weight excluding hydrogens is 176 g/mol. The number of allylic oxidation sites excluding steroid dienone is 3. The van der Waals surface area contributed by atoms with E-state index in [4.69, 9.17) is 4.74 Å². The monoisotopic (exact) mass is 196 g/mol. The van der Waals surface area contributed by atoms with Gasteiger partial charge in [0.25, 0.3) is 0 Å². The summed E-state index contributed by atoms with van der Waals surface area (Å²) in [6.45, 7) is 6.67. The van der Waals surface area contributed by atoms with Crippen LogP contribution < -0.4 is 0 Å². The molecule has 2 heteroatoms. The second-order valence-corrected chi connectivity index (χ2v) is 3.44. The number of ether oxygens (including phenoxy) is 1. The quantitative estimate of drug-likeness (QED) is 0.282. The molecule has 0 aliphatic rings. The van der Waals surface area contributed by atoms with Crippen LogP contribution in [0.25, 0.3) is 0 Å². The van der Waals surface area contributed by atoms with E-state index >= 15 is 0 Å². The summed E-state index contributed by atoms with van der Waals surface area (Å²) in [6, 6.07) is 0. The average molecular weight is 196 g/mol. The number of esters is 1. The number of hydrogen-bond acceptors (Lipinski definition) is 2. The minimum Gasteiger partial charge on any atom is -0.463 e. The number of carbonyl (C=O) groups excluding carboxylic acids is 1. The van der Waals surface area contributed by atoms with Crippen molar-refractivity contribution in [3.63, 3.8) is 0 Å². The van der Waals surface area contributed by atoms with Crippen LogP contribution in [0.5, 0.6) is 0 Å². The van der Waals surface area contributed by atoms with Crippen LogP contribution in [0.1, 0.15) is 40.0 Å². The zero-order valence-corrected chi connectivity index (χ0v) is 9.38. The summed E-state index contributed by atoms with van der Waals surface area (Å²) >= 11 is 0. The Balaban J connectivity index is 3.56. The maximum atomic E-state index is 11.0. The lowest BCUT2D eigenvalue weighted by Gasteiger charge is -1.98. The average Bonchev–Trinajstić information content (AvgIpc) is 2.13. The smallest absolute Gasteiger partial charge is 0.330 e. The minimum absolute atomic E-state index is 0.236. The zero-order valence-electron chi connectivity index (χ0n) is 9.38. The fourth-order valence-corrected chi connectivity index (χ4v) is 0.833. The molecule has 0 spiro atoms. The molecule has 0 heterocycles. The maximum Gasteiger partial charge on any atom is 0.330 e. The van der Waals surface area contributed by atoms with Crippen molar-refractivity contribution >= 4 is 5.97 Å². The van der Waals surface area contributed by atoms with Crippen molar-refractivity contribution in [2.75, 3.05) is 6.61 Å². The molecule has 0 bridgehead atoms. The summed E-state index contributed by atoms with van der Waals surface area (Å²) in [6.07, 6.45) is 8.17. The molecule has 0 saturated heterocycles. The Hall–Kier alpha value is -1.05. The van der Waals surface area contributed by atoms with Gasteiger partial charge in [-0.3, -0.25) is 0 Å². The number of unbranched alkanes of at least 4 members (excludes halogenated alkanes) is 1.